The van der Waals surface area contributed by atoms with Crippen molar-refractivity contribution < 1.29 is 4.42 Å². The standard InChI is InChI=1S/C16H20ClN3O/c17-16-5-4-15(21-16)13-20-8-2-7-19(9-10-20)12-14-3-1-6-18-11-14/h1,3-6,11H,2,7-10,12-13H2. The molecule has 0 atom stereocenters. The predicted octanol–water partition coefficient (Wildman–Crippen LogP) is 3.04. The van der Waals surface area contributed by atoms with Crippen LogP contribution in [0, 0.1) is 0 Å². The van der Waals surface area contributed by atoms with Crippen molar-refractivity contribution in [1.82, 2.24) is 14.8 Å². The quantitative estimate of drug-likeness (QED) is 0.869. The summed E-state index contributed by atoms with van der Waals surface area (Å²) in [7, 11) is 0. The Hall–Kier alpha value is -1.36. The number of hydrogen-bond donors (Lipinski definition) is 0. The monoisotopic (exact) mass is 305 g/mol. The Morgan fingerprint density at radius 1 is 1.05 bits per heavy atom. The molecular formula is C16H20ClN3O. The van der Waals surface area contributed by atoms with E-state index in [0.29, 0.717) is 5.22 Å². The molecule has 21 heavy (non-hydrogen) atoms. The number of furan rings is 1. The lowest BCUT2D eigenvalue weighted by Crippen LogP contribution is -2.30. The fraction of sp³-hybridized carbons (Fsp3) is 0.438. The van der Waals surface area contributed by atoms with Gasteiger partial charge in [0.1, 0.15) is 5.76 Å². The fourth-order valence-corrected chi connectivity index (χ4v) is 2.91. The predicted molar refractivity (Wildman–Crippen MR) is 83.1 cm³/mol. The molecule has 0 aliphatic carbocycles. The van der Waals surface area contributed by atoms with Gasteiger partial charge >= 0.3 is 0 Å². The van der Waals surface area contributed by atoms with Crippen molar-refractivity contribution in [3.63, 3.8) is 0 Å². The summed E-state index contributed by atoms with van der Waals surface area (Å²) >= 11 is 5.82. The maximum atomic E-state index is 5.82. The second-order valence-electron chi connectivity index (χ2n) is 5.47. The normalized spacial score (nSPS) is 17.8. The van der Waals surface area contributed by atoms with Gasteiger partial charge in [0.2, 0.25) is 0 Å². The Labute approximate surface area is 130 Å². The van der Waals surface area contributed by atoms with Crippen LogP contribution in [0.25, 0.3) is 0 Å². The van der Waals surface area contributed by atoms with E-state index in [0.717, 1.165) is 45.0 Å². The maximum Gasteiger partial charge on any atom is 0.193 e. The zero-order chi connectivity index (χ0) is 14.5. The Morgan fingerprint density at radius 3 is 2.52 bits per heavy atom. The molecule has 1 saturated heterocycles. The van der Waals surface area contributed by atoms with Gasteiger partial charge in [-0.2, -0.15) is 0 Å². The zero-order valence-electron chi connectivity index (χ0n) is 12.0. The summed E-state index contributed by atoms with van der Waals surface area (Å²) in [5, 5.41) is 0.470. The Kier molecular flexibility index (Phi) is 4.91. The summed E-state index contributed by atoms with van der Waals surface area (Å²) in [5.41, 5.74) is 1.28. The van der Waals surface area contributed by atoms with E-state index in [-0.39, 0.29) is 0 Å². The van der Waals surface area contributed by atoms with Gasteiger partial charge in [-0.3, -0.25) is 14.8 Å². The minimum absolute atomic E-state index is 0.470. The summed E-state index contributed by atoms with van der Waals surface area (Å²) in [5.74, 6) is 0.945. The summed E-state index contributed by atoms with van der Waals surface area (Å²) in [4.78, 5) is 9.11. The van der Waals surface area contributed by atoms with Gasteiger partial charge in [-0.15, -0.1) is 0 Å². The van der Waals surface area contributed by atoms with Crippen molar-refractivity contribution in [2.45, 2.75) is 19.5 Å². The van der Waals surface area contributed by atoms with Crippen LogP contribution in [-0.2, 0) is 13.1 Å². The van der Waals surface area contributed by atoms with Crippen LogP contribution in [0.3, 0.4) is 0 Å². The van der Waals surface area contributed by atoms with Crippen molar-refractivity contribution >= 4 is 11.6 Å². The Bertz CT molecular complexity index is 558. The molecular weight excluding hydrogens is 286 g/mol. The SMILES string of the molecule is Clc1ccc(CN2CCCN(Cc3cccnc3)CC2)o1. The number of halogens is 1. The van der Waals surface area contributed by atoms with E-state index in [4.69, 9.17) is 16.0 Å². The number of pyridine rings is 1. The van der Waals surface area contributed by atoms with Gasteiger partial charge < -0.3 is 4.42 Å². The van der Waals surface area contributed by atoms with E-state index >= 15 is 0 Å². The highest BCUT2D eigenvalue weighted by atomic mass is 35.5. The lowest BCUT2D eigenvalue weighted by atomic mass is 10.2. The van der Waals surface area contributed by atoms with Gasteiger partial charge in [-0.05, 0) is 54.9 Å². The van der Waals surface area contributed by atoms with Gasteiger partial charge in [0.05, 0.1) is 6.54 Å². The van der Waals surface area contributed by atoms with Crippen LogP contribution in [0.4, 0.5) is 0 Å². The topological polar surface area (TPSA) is 32.5 Å². The smallest absolute Gasteiger partial charge is 0.193 e. The Morgan fingerprint density at radius 2 is 1.86 bits per heavy atom. The number of rotatable bonds is 4. The van der Waals surface area contributed by atoms with Crippen LogP contribution in [0.2, 0.25) is 5.22 Å². The first kappa shape index (κ1) is 14.6. The van der Waals surface area contributed by atoms with Crippen molar-refractivity contribution in [3.05, 3.63) is 53.2 Å². The van der Waals surface area contributed by atoms with Crippen LogP contribution in [0.1, 0.15) is 17.7 Å². The maximum absolute atomic E-state index is 5.82. The van der Waals surface area contributed by atoms with Gasteiger partial charge in [0.15, 0.2) is 5.22 Å². The van der Waals surface area contributed by atoms with Gasteiger partial charge in [0.25, 0.3) is 0 Å². The van der Waals surface area contributed by atoms with E-state index in [1.807, 2.05) is 30.6 Å². The molecule has 112 valence electrons. The molecule has 2 aromatic heterocycles. The zero-order valence-corrected chi connectivity index (χ0v) is 12.8. The summed E-state index contributed by atoms with van der Waals surface area (Å²) < 4.78 is 5.45. The molecule has 5 heteroatoms. The highest BCUT2D eigenvalue weighted by Gasteiger charge is 2.16. The van der Waals surface area contributed by atoms with E-state index in [2.05, 4.69) is 20.9 Å². The third kappa shape index (κ3) is 4.30. The van der Waals surface area contributed by atoms with Crippen LogP contribution in [0.15, 0.2) is 41.1 Å². The van der Waals surface area contributed by atoms with Crippen LogP contribution < -0.4 is 0 Å². The highest BCUT2D eigenvalue weighted by Crippen LogP contribution is 2.16. The number of hydrogen-bond acceptors (Lipinski definition) is 4. The second-order valence-corrected chi connectivity index (χ2v) is 5.85. The minimum Gasteiger partial charge on any atom is -0.448 e. The van der Waals surface area contributed by atoms with Crippen molar-refractivity contribution in [3.8, 4) is 0 Å². The lowest BCUT2D eigenvalue weighted by Gasteiger charge is -2.21. The molecule has 0 N–H and O–H groups in total. The highest BCUT2D eigenvalue weighted by molar-refractivity contribution is 6.28. The van der Waals surface area contributed by atoms with E-state index in [1.165, 1.54) is 12.0 Å². The number of nitrogens with zero attached hydrogens (tertiary/aromatic N) is 3. The molecule has 1 aliphatic heterocycles. The van der Waals surface area contributed by atoms with Crippen LogP contribution in [-0.4, -0.2) is 41.0 Å². The van der Waals surface area contributed by atoms with Crippen LogP contribution >= 0.6 is 11.6 Å². The first-order valence-electron chi connectivity index (χ1n) is 7.37. The minimum atomic E-state index is 0.470. The van der Waals surface area contributed by atoms with E-state index in [9.17, 15) is 0 Å². The molecule has 2 aromatic rings. The molecule has 1 fully saturated rings. The molecule has 0 saturated carbocycles. The van der Waals surface area contributed by atoms with E-state index in [1.54, 1.807) is 0 Å². The summed E-state index contributed by atoms with van der Waals surface area (Å²) in [6.45, 7) is 6.18. The van der Waals surface area contributed by atoms with Crippen molar-refractivity contribution in [2.75, 3.05) is 26.2 Å². The van der Waals surface area contributed by atoms with Gasteiger partial charge in [-0.25, -0.2) is 0 Å². The molecule has 0 radical (unpaired) electrons. The average Bonchev–Trinajstić information content (AvgIpc) is 2.77. The average molecular weight is 306 g/mol. The molecule has 3 heterocycles. The molecule has 3 rings (SSSR count). The molecule has 0 aromatic carbocycles. The molecule has 4 nitrogen and oxygen atoms in total. The van der Waals surface area contributed by atoms with Gasteiger partial charge in [-0.1, -0.05) is 6.07 Å². The first-order valence-corrected chi connectivity index (χ1v) is 7.75. The van der Waals surface area contributed by atoms with Gasteiger partial charge in [0, 0.05) is 32.0 Å². The lowest BCUT2D eigenvalue weighted by molar-refractivity contribution is 0.234. The van der Waals surface area contributed by atoms with Crippen molar-refractivity contribution in [2.24, 2.45) is 0 Å². The number of aromatic nitrogens is 1. The second kappa shape index (κ2) is 7.07. The largest absolute Gasteiger partial charge is 0.448 e. The van der Waals surface area contributed by atoms with Crippen LogP contribution in [0.5, 0.6) is 0 Å². The third-order valence-corrected chi connectivity index (χ3v) is 4.02. The first-order chi connectivity index (χ1) is 10.3. The third-order valence-electron chi connectivity index (χ3n) is 3.82. The van der Waals surface area contributed by atoms with Crippen molar-refractivity contribution in [1.29, 1.82) is 0 Å². The van der Waals surface area contributed by atoms with E-state index < -0.39 is 0 Å². The fourth-order valence-electron chi connectivity index (χ4n) is 2.75. The molecule has 0 amide bonds. The Balaban J connectivity index is 1.52. The molecule has 0 unspecified atom stereocenters. The summed E-state index contributed by atoms with van der Waals surface area (Å²) in [6, 6.07) is 7.91. The molecule has 0 bridgehead atoms. The molecule has 1 aliphatic rings. The molecule has 0 spiro atoms. The summed E-state index contributed by atoms with van der Waals surface area (Å²) in [6.07, 6.45) is 4.95.